The molecule has 0 aliphatic rings. The fourth-order valence-electron chi connectivity index (χ4n) is 1.07. The summed E-state index contributed by atoms with van der Waals surface area (Å²) in [5.41, 5.74) is 4.14. The highest BCUT2D eigenvalue weighted by atomic mass is 35.5. The molecule has 0 fully saturated rings. The van der Waals surface area contributed by atoms with Crippen molar-refractivity contribution >= 4 is 28.3 Å². The predicted molar refractivity (Wildman–Crippen MR) is 51.2 cm³/mol. The molecule has 0 amide bonds. The Bertz CT molecular complexity index is 245. The van der Waals surface area contributed by atoms with E-state index in [4.69, 9.17) is 9.07 Å². The highest BCUT2D eigenvalue weighted by molar-refractivity contribution is 6.93. The van der Waals surface area contributed by atoms with Crippen LogP contribution in [0.15, 0.2) is 18.2 Å². The standard InChI is InChI=1S/C9H11.ClH.Mg/c1-7-4-5-8(2)9(3)6-7;;/h4-6H,1H2,2-3H3;1H;/q;;+1/p-1. The van der Waals surface area contributed by atoms with Crippen LogP contribution in [0, 0.1) is 13.8 Å². The van der Waals surface area contributed by atoms with Crippen LogP contribution in [0.3, 0.4) is 0 Å². The van der Waals surface area contributed by atoms with Crippen LogP contribution < -0.4 is 0 Å². The van der Waals surface area contributed by atoms with E-state index in [9.17, 15) is 0 Å². The Kier molecular flexibility index (Phi) is 3.69. The van der Waals surface area contributed by atoms with Crippen LogP contribution in [0.2, 0.25) is 0 Å². The second kappa shape index (κ2) is 4.34. The summed E-state index contributed by atoms with van der Waals surface area (Å²) >= 11 is -0.340. The molecule has 0 aliphatic carbocycles. The summed E-state index contributed by atoms with van der Waals surface area (Å²) in [5.74, 6) is 0. The molecule has 0 saturated carbocycles. The van der Waals surface area contributed by atoms with Crippen molar-refractivity contribution < 1.29 is 0 Å². The van der Waals surface area contributed by atoms with Gasteiger partial charge in [0.15, 0.2) is 0 Å². The average Bonchev–Trinajstić information content (AvgIpc) is 1.98. The van der Waals surface area contributed by atoms with Gasteiger partial charge in [-0.2, -0.15) is 0 Å². The molecule has 0 atom stereocenters. The first kappa shape index (κ1) is 9.36. The van der Waals surface area contributed by atoms with Crippen LogP contribution in [-0.4, -0.2) is 19.3 Å². The maximum Gasteiger partial charge on any atom is 0.505 e. The lowest BCUT2D eigenvalue weighted by Crippen LogP contribution is -1.90. The van der Waals surface area contributed by atoms with E-state index in [1.54, 1.807) is 0 Å². The Balaban J connectivity index is 2.86. The monoisotopic (exact) mass is 178 g/mol. The van der Waals surface area contributed by atoms with Gasteiger partial charge in [-0.3, -0.25) is 0 Å². The van der Waals surface area contributed by atoms with Gasteiger partial charge < -0.3 is 9.07 Å². The van der Waals surface area contributed by atoms with Crippen LogP contribution in [0.25, 0.3) is 0 Å². The topological polar surface area (TPSA) is 0 Å². The van der Waals surface area contributed by atoms with E-state index in [1.807, 2.05) is 0 Å². The minimum atomic E-state index is -0.340. The molecule has 0 radical (unpaired) electrons. The van der Waals surface area contributed by atoms with E-state index >= 15 is 0 Å². The van der Waals surface area contributed by atoms with E-state index in [2.05, 4.69) is 32.0 Å². The molecule has 0 nitrogen and oxygen atoms in total. The smallest absolute Gasteiger partial charge is 0.345 e. The number of hydrogen-bond acceptors (Lipinski definition) is 0. The Morgan fingerprint density at radius 1 is 1.27 bits per heavy atom. The zero-order valence-corrected chi connectivity index (χ0v) is 9.19. The lowest BCUT2D eigenvalue weighted by molar-refractivity contribution is 1.28. The summed E-state index contributed by atoms with van der Waals surface area (Å²) in [4.78, 5) is 0. The molecule has 0 heterocycles. The Morgan fingerprint density at radius 2 is 2.00 bits per heavy atom. The molecule has 0 aromatic heterocycles. The van der Waals surface area contributed by atoms with Crippen LogP contribution in [-0.2, 0) is 4.55 Å². The normalized spacial score (nSPS) is 9.36. The highest BCUT2D eigenvalue weighted by Gasteiger charge is 1.96. The fourth-order valence-corrected chi connectivity index (χ4v) is 2.25. The van der Waals surface area contributed by atoms with Gasteiger partial charge in [-0.15, -0.1) is 0 Å². The minimum Gasteiger partial charge on any atom is -0.345 e. The number of aryl methyl sites for hydroxylation is 2. The first-order chi connectivity index (χ1) is 5.24. The van der Waals surface area contributed by atoms with Gasteiger partial charge in [-0.05, 0) is 25.0 Å². The second-order valence-electron chi connectivity index (χ2n) is 2.86. The molecule has 1 aromatic rings. The number of rotatable bonds is 2. The molecule has 1 aromatic carbocycles. The average molecular weight is 179 g/mol. The van der Waals surface area contributed by atoms with E-state index in [0.29, 0.717) is 0 Å². The van der Waals surface area contributed by atoms with Gasteiger partial charge in [-0.1, -0.05) is 28.3 Å². The van der Waals surface area contributed by atoms with Gasteiger partial charge in [-0.25, -0.2) is 0 Å². The minimum absolute atomic E-state index is 0.340. The van der Waals surface area contributed by atoms with E-state index in [-0.39, 0.29) is 19.3 Å². The van der Waals surface area contributed by atoms with Crippen LogP contribution in [0.1, 0.15) is 16.7 Å². The van der Waals surface area contributed by atoms with Crippen molar-refractivity contribution in [2.75, 3.05) is 0 Å². The molecular weight excluding hydrogens is 168 g/mol. The molecule has 0 unspecified atom stereocenters. The Hall–Kier alpha value is 0.276. The second-order valence-corrected chi connectivity index (χ2v) is 4.87. The summed E-state index contributed by atoms with van der Waals surface area (Å²) < 4.78 is 1.11. The highest BCUT2D eigenvalue weighted by Crippen LogP contribution is 2.09. The van der Waals surface area contributed by atoms with E-state index < -0.39 is 0 Å². The molecule has 11 heavy (non-hydrogen) atoms. The summed E-state index contributed by atoms with van der Waals surface area (Å²) in [5, 5.41) is 0. The van der Waals surface area contributed by atoms with Crippen molar-refractivity contribution in [3.8, 4) is 0 Å². The van der Waals surface area contributed by atoms with Gasteiger partial charge >= 0.3 is 19.3 Å². The lowest BCUT2D eigenvalue weighted by Gasteiger charge is -2.02. The van der Waals surface area contributed by atoms with Crippen molar-refractivity contribution in [1.82, 2.24) is 0 Å². The molecule has 0 bridgehead atoms. The zero-order chi connectivity index (χ0) is 8.27. The third kappa shape index (κ3) is 2.66. The van der Waals surface area contributed by atoms with Crippen LogP contribution >= 0.6 is 9.07 Å². The zero-order valence-electron chi connectivity index (χ0n) is 7.02. The lowest BCUT2D eigenvalue weighted by atomic mass is 10.1. The van der Waals surface area contributed by atoms with E-state index in [0.717, 1.165) is 4.55 Å². The molecule has 2 heteroatoms. The third-order valence-corrected chi connectivity index (χ3v) is 3.29. The first-order valence-corrected chi connectivity index (χ1v) is 7.00. The summed E-state index contributed by atoms with van der Waals surface area (Å²) in [6, 6.07) is 6.59. The quantitative estimate of drug-likeness (QED) is 0.612. The number of hydrogen-bond donors (Lipinski definition) is 0. The molecule has 1 rings (SSSR count). The van der Waals surface area contributed by atoms with Crippen molar-refractivity contribution in [2.24, 2.45) is 0 Å². The van der Waals surface area contributed by atoms with E-state index in [1.165, 1.54) is 16.7 Å². The van der Waals surface area contributed by atoms with Gasteiger partial charge in [0.2, 0.25) is 0 Å². The first-order valence-electron chi connectivity index (χ1n) is 3.86. The summed E-state index contributed by atoms with van der Waals surface area (Å²) in [6.45, 7) is 4.28. The summed E-state index contributed by atoms with van der Waals surface area (Å²) in [6.07, 6.45) is 0. The van der Waals surface area contributed by atoms with Gasteiger partial charge in [0.25, 0.3) is 0 Å². The predicted octanol–water partition coefficient (Wildman–Crippen LogP) is 2.66. The largest absolute Gasteiger partial charge is 0.505 e. The van der Waals surface area contributed by atoms with Gasteiger partial charge in [0, 0.05) is 0 Å². The SMILES string of the molecule is Cc1ccc([CH2][Mg][Cl])cc1C. The van der Waals surface area contributed by atoms with Crippen molar-refractivity contribution in [1.29, 1.82) is 0 Å². The molecule has 56 valence electrons. The van der Waals surface area contributed by atoms with Gasteiger partial charge in [0.1, 0.15) is 0 Å². The molecule has 0 aliphatic heterocycles. The molecule has 0 spiro atoms. The Labute approximate surface area is 81.5 Å². The van der Waals surface area contributed by atoms with Gasteiger partial charge in [0.05, 0.1) is 0 Å². The summed E-state index contributed by atoms with van der Waals surface area (Å²) in [7, 11) is 5.77. The van der Waals surface area contributed by atoms with Crippen molar-refractivity contribution in [3.63, 3.8) is 0 Å². The van der Waals surface area contributed by atoms with Crippen LogP contribution in [0.4, 0.5) is 0 Å². The maximum absolute atomic E-state index is 5.77. The molecular formula is C9H11ClMg. The maximum atomic E-state index is 5.77. The third-order valence-electron chi connectivity index (χ3n) is 1.95. The Morgan fingerprint density at radius 3 is 2.55 bits per heavy atom. The van der Waals surface area contributed by atoms with Crippen molar-refractivity contribution in [2.45, 2.75) is 18.4 Å². The molecule has 0 N–H and O–H groups in total. The van der Waals surface area contributed by atoms with Crippen molar-refractivity contribution in [3.05, 3.63) is 34.9 Å². The fraction of sp³-hybridized carbons (Fsp3) is 0.333. The van der Waals surface area contributed by atoms with Crippen LogP contribution in [0.5, 0.6) is 0 Å². The molecule has 0 saturated heterocycles. The number of halogens is 1. The number of benzene rings is 1.